The number of carbonyl (C=O) groups is 1. The highest BCUT2D eigenvalue weighted by Gasteiger charge is 2.18. The molecule has 0 saturated heterocycles. The molecule has 1 aliphatic rings. The number of sulfonamides is 1. The molecule has 0 bridgehead atoms. The average Bonchev–Trinajstić information content (AvgIpc) is 3.07. The molecule has 0 fully saturated rings. The van der Waals surface area contributed by atoms with E-state index in [0.717, 1.165) is 43.8 Å². The fourth-order valence-corrected chi connectivity index (χ4v) is 5.66. The Morgan fingerprint density at radius 2 is 2.09 bits per heavy atom. The number of hydrogen-bond donors (Lipinski definition) is 3. The summed E-state index contributed by atoms with van der Waals surface area (Å²) in [5, 5.41) is 14.8. The molecule has 3 N–H and O–H groups in total. The molecule has 0 unspecified atom stereocenters. The Kier molecular flexibility index (Phi) is 9.30. The van der Waals surface area contributed by atoms with Crippen LogP contribution in [0.1, 0.15) is 45.4 Å². The second-order valence-electron chi connectivity index (χ2n) is 7.26. The van der Waals surface area contributed by atoms with Crippen molar-refractivity contribution in [2.24, 2.45) is 4.99 Å². The summed E-state index contributed by atoms with van der Waals surface area (Å²) >= 11 is 2.70. The number of hydrogen-bond acceptors (Lipinski definition) is 9. The van der Waals surface area contributed by atoms with Crippen molar-refractivity contribution in [2.45, 2.75) is 54.7 Å². The second-order valence-corrected chi connectivity index (χ2v) is 11.1. The first kappa shape index (κ1) is 24.5. The fourth-order valence-electron chi connectivity index (χ4n) is 2.95. The van der Waals surface area contributed by atoms with E-state index in [-0.39, 0.29) is 16.6 Å². The molecule has 9 nitrogen and oxygen atoms in total. The third-order valence-corrected chi connectivity index (χ3v) is 7.99. The van der Waals surface area contributed by atoms with E-state index in [2.05, 4.69) is 37.5 Å². The van der Waals surface area contributed by atoms with Crippen molar-refractivity contribution in [3.8, 4) is 0 Å². The lowest BCUT2D eigenvalue weighted by molar-refractivity contribution is -0.113. The number of unbranched alkanes of at least 4 members (excludes halogenated alkanes) is 1. The quantitative estimate of drug-likeness (QED) is 0.338. The van der Waals surface area contributed by atoms with E-state index >= 15 is 0 Å². The Balaban J connectivity index is 1.53. The van der Waals surface area contributed by atoms with Gasteiger partial charge in [0.1, 0.15) is 5.84 Å². The summed E-state index contributed by atoms with van der Waals surface area (Å²) in [6.07, 6.45) is 5.71. The first-order valence-electron chi connectivity index (χ1n) is 10.6. The summed E-state index contributed by atoms with van der Waals surface area (Å²) in [6.45, 7) is 3.60. The predicted octanol–water partition coefficient (Wildman–Crippen LogP) is 3.73. The second kappa shape index (κ2) is 12.2. The van der Waals surface area contributed by atoms with E-state index < -0.39 is 10.0 Å². The van der Waals surface area contributed by atoms with Crippen molar-refractivity contribution in [1.29, 1.82) is 0 Å². The molecule has 0 spiro atoms. The van der Waals surface area contributed by atoms with Crippen molar-refractivity contribution >= 4 is 55.7 Å². The van der Waals surface area contributed by atoms with Crippen LogP contribution in [-0.2, 0) is 14.8 Å². The lowest BCUT2D eigenvalue weighted by atomic mass is 10.2. The summed E-state index contributed by atoms with van der Waals surface area (Å²) in [7, 11) is -3.76. The van der Waals surface area contributed by atoms with Gasteiger partial charge in [0.15, 0.2) is 4.34 Å². The van der Waals surface area contributed by atoms with Gasteiger partial charge in [-0.2, -0.15) is 0 Å². The first-order valence-corrected chi connectivity index (χ1v) is 13.9. The number of thioether (sulfide) groups is 1. The van der Waals surface area contributed by atoms with Crippen molar-refractivity contribution in [2.75, 3.05) is 29.5 Å². The maximum atomic E-state index is 12.7. The van der Waals surface area contributed by atoms with Gasteiger partial charge >= 0.3 is 0 Å². The van der Waals surface area contributed by atoms with E-state index in [0.29, 0.717) is 28.8 Å². The van der Waals surface area contributed by atoms with E-state index in [4.69, 9.17) is 0 Å². The molecular weight excluding hydrogens is 468 g/mol. The Bertz CT molecular complexity index is 1040. The van der Waals surface area contributed by atoms with Gasteiger partial charge in [0.05, 0.1) is 10.6 Å². The molecule has 174 valence electrons. The minimum Gasteiger partial charge on any atom is -0.360 e. The molecule has 1 aromatic carbocycles. The van der Waals surface area contributed by atoms with Crippen LogP contribution in [0.25, 0.3) is 0 Å². The van der Waals surface area contributed by atoms with E-state index in [1.165, 1.54) is 35.2 Å². The van der Waals surface area contributed by atoms with Crippen molar-refractivity contribution in [1.82, 2.24) is 14.9 Å². The van der Waals surface area contributed by atoms with Gasteiger partial charge in [0.25, 0.3) is 10.0 Å². The van der Waals surface area contributed by atoms with Gasteiger partial charge in [0, 0.05) is 25.2 Å². The van der Waals surface area contributed by atoms with Crippen LogP contribution in [0, 0.1) is 0 Å². The lowest BCUT2D eigenvalue weighted by Gasteiger charge is -2.11. The molecule has 3 rings (SSSR count). The maximum Gasteiger partial charge on any atom is 0.262 e. The van der Waals surface area contributed by atoms with Crippen LogP contribution in [0.3, 0.4) is 0 Å². The maximum absolute atomic E-state index is 12.7. The summed E-state index contributed by atoms with van der Waals surface area (Å²) < 4.78 is 28.7. The molecule has 12 heteroatoms. The number of benzene rings is 1. The normalized spacial score (nSPS) is 14.3. The fraction of sp³-hybridized carbons (Fsp3) is 0.500. The van der Waals surface area contributed by atoms with E-state index in [1.807, 2.05) is 0 Å². The molecule has 2 heterocycles. The average molecular weight is 497 g/mol. The van der Waals surface area contributed by atoms with Gasteiger partial charge in [-0.3, -0.25) is 14.5 Å². The molecule has 0 atom stereocenters. The largest absolute Gasteiger partial charge is 0.360 e. The van der Waals surface area contributed by atoms with Gasteiger partial charge < -0.3 is 10.6 Å². The van der Waals surface area contributed by atoms with Gasteiger partial charge in [0.2, 0.25) is 11.0 Å². The smallest absolute Gasteiger partial charge is 0.262 e. The minimum atomic E-state index is -3.76. The highest BCUT2D eigenvalue weighted by molar-refractivity contribution is 8.01. The molecule has 1 aromatic heterocycles. The molecular formula is C20H28N6O3S3. The summed E-state index contributed by atoms with van der Waals surface area (Å²) in [4.78, 5) is 16.7. The van der Waals surface area contributed by atoms with Crippen LogP contribution < -0.4 is 15.4 Å². The summed E-state index contributed by atoms with van der Waals surface area (Å²) in [6, 6.07) is 6.21. The number of carbonyl (C=O) groups excluding carboxylic acids is 1. The van der Waals surface area contributed by atoms with Crippen LogP contribution in [0.4, 0.5) is 10.8 Å². The third-order valence-electron chi connectivity index (χ3n) is 4.59. The number of nitrogens with zero attached hydrogens (tertiary/aromatic N) is 3. The topological polar surface area (TPSA) is 125 Å². The minimum absolute atomic E-state index is 0.0850. The number of amides is 1. The van der Waals surface area contributed by atoms with E-state index in [9.17, 15) is 13.2 Å². The Labute approximate surface area is 197 Å². The zero-order valence-electron chi connectivity index (χ0n) is 18.0. The zero-order valence-corrected chi connectivity index (χ0v) is 20.4. The van der Waals surface area contributed by atoms with Crippen LogP contribution in [-0.4, -0.2) is 49.2 Å². The summed E-state index contributed by atoms with van der Waals surface area (Å²) in [5.74, 6) is 0.394. The SMILES string of the molecule is CCCCNc1nnc(SCC(=O)Nc2cccc(S(=O)(=O)NC3=NCCCCC3)c2)s1. The van der Waals surface area contributed by atoms with Crippen LogP contribution in [0.15, 0.2) is 38.5 Å². The number of nitrogens with one attached hydrogen (secondary N) is 3. The van der Waals surface area contributed by atoms with Gasteiger partial charge in [-0.05, 0) is 37.5 Å². The lowest BCUT2D eigenvalue weighted by Crippen LogP contribution is -2.30. The van der Waals surface area contributed by atoms with Crippen LogP contribution in [0.2, 0.25) is 0 Å². The summed E-state index contributed by atoms with van der Waals surface area (Å²) in [5.41, 5.74) is 0.417. The highest BCUT2D eigenvalue weighted by Crippen LogP contribution is 2.25. The van der Waals surface area contributed by atoms with Crippen LogP contribution >= 0.6 is 23.1 Å². The van der Waals surface area contributed by atoms with Crippen molar-refractivity contribution in [3.05, 3.63) is 24.3 Å². The highest BCUT2D eigenvalue weighted by atomic mass is 32.2. The predicted molar refractivity (Wildman–Crippen MR) is 130 cm³/mol. The number of anilines is 2. The molecule has 1 aliphatic heterocycles. The molecule has 0 saturated carbocycles. The Morgan fingerprint density at radius 1 is 1.22 bits per heavy atom. The standard InChI is InChI=1S/C20H28N6O3S3/c1-2-3-11-22-19-24-25-20(31-19)30-14-18(27)23-15-8-7-9-16(13-15)32(28,29)26-17-10-5-4-6-12-21-17/h7-9,13H,2-6,10-12,14H2,1H3,(H,21,26)(H,22,24)(H,23,27). The van der Waals surface area contributed by atoms with Crippen LogP contribution in [0.5, 0.6) is 0 Å². The molecule has 1 amide bonds. The van der Waals surface area contributed by atoms with Crippen molar-refractivity contribution < 1.29 is 13.2 Å². The molecule has 2 aromatic rings. The monoisotopic (exact) mass is 496 g/mol. The van der Waals surface area contributed by atoms with Crippen molar-refractivity contribution in [3.63, 3.8) is 0 Å². The number of rotatable bonds is 10. The number of aromatic nitrogens is 2. The Hall–Kier alpha value is -2.18. The first-order chi connectivity index (χ1) is 15.5. The van der Waals surface area contributed by atoms with Gasteiger partial charge in [-0.15, -0.1) is 10.2 Å². The molecule has 32 heavy (non-hydrogen) atoms. The zero-order chi connectivity index (χ0) is 22.8. The van der Waals surface area contributed by atoms with E-state index in [1.54, 1.807) is 12.1 Å². The van der Waals surface area contributed by atoms with Gasteiger partial charge in [-0.1, -0.05) is 48.9 Å². The number of aliphatic imine (C=N–C) groups is 1. The van der Waals surface area contributed by atoms with Gasteiger partial charge in [-0.25, -0.2) is 8.42 Å². The third kappa shape index (κ3) is 7.75. The molecule has 0 radical (unpaired) electrons. The Morgan fingerprint density at radius 3 is 2.94 bits per heavy atom. The molecule has 0 aliphatic carbocycles. The number of amidine groups is 1.